The molecule has 0 fully saturated rings. The third kappa shape index (κ3) is 7.40. The van der Waals surface area contributed by atoms with Crippen LogP contribution < -0.4 is 0 Å². The summed E-state index contributed by atoms with van der Waals surface area (Å²) in [7, 11) is 0. The summed E-state index contributed by atoms with van der Waals surface area (Å²) in [5, 5.41) is 24.6. The quantitative estimate of drug-likeness (QED) is 0.252. The van der Waals surface area contributed by atoms with Crippen molar-refractivity contribution in [1.82, 2.24) is 0 Å². The lowest BCUT2D eigenvalue weighted by Gasteiger charge is -2.00. The summed E-state index contributed by atoms with van der Waals surface area (Å²) in [5.41, 5.74) is 0. The van der Waals surface area contributed by atoms with Gasteiger partial charge in [-0.15, -0.1) is 0 Å². The van der Waals surface area contributed by atoms with Crippen molar-refractivity contribution >= 4 is 0 Å². The van der Waals surface area contributed by atoms with E-state index in [9.17, 15) is 0 Å². The zero-order valence-corrected chi connectivity index (χ0v) is 5.45. The lowest BCUT2D eigenvalue weighted by molar-refractivity contribution is -0.0897. The minimum Gasteiger partial charge on any atom is -0.384 e. The molecule has 0 aromatic carbocycles. The van der Waals surface area contributed by atoms with Crippen LogP contribution in [0.1, 0.15) is 0 Å². The molecule has 0 aliphatic carbocycles. The van der Waals surface area contributed by atoms with Crippen LogP contribution in [0.25, 0.3) is 0 Å². The molecule has 0 atom stereocenters. The third-order valence-corrected chi connectivity index (χ3v) is 0.645. The number of aliphatic hydroxyl groups excluding tert-OH is 2. The first-order valence-corrected chi connectivity index (χ1v) is 2.78. The first-order chi connectivity index (χ1) is 4.77. The maximum atomic E-state index is 8.24. The molecule has 10 heavy (non-hydrogen) atoms. The second kappa shape index (κ2) is 6.52. The van der Waals surface area contributed by atoms with Crippen LogP contribution in [-0.4, -0.2) is 41.4 Å². The Bertz CT molecular complexity index is 121. The number of hydrogen-bond acceptors (Lipinski definition) is 4. The first-order valence-electron chi connectivity index (χ1n) is 2.78. The van der Waals surface area contributed by atoms with E-state index in [0.29, 0.717) is 0 Å². The summed E-state index contributed by atoms with van der Waals surface area (Å²) in [6, 6.07) is 0. The molecule has 0 aliphatic heterocycles. The molecule has 58 valence electrons. The molecule has 0 heterocycles. The van der Waals surface area contributed by atoms with Gasteiger partial charge in [0, 0.05) is 0 Å². The van der Waals surface area contributed by atoms with Crippen LogP contribution in [0.2, 0.25) is 0 Å². The number of ether oxygens (including phenoxy) is 1. The molecular formula is C6H10O4. The largest absolute Gasteiger partial charge is 0.384 e. The Labute approximate surface area is 59.1 Å². The molecule has 0 aromatic heterocycles. The smallest absolute Gasteiger partial charge is 0.175 e. The van der Waals surface area contributed by atoms with Crippen molar-refractivity contribution in [2.45, 2.75) is 6.29 Å². The Kier molecular flexibility index (Phi) is 6.13. The lowest BCUT2D eigenvalue weighted by Crippen LogP contribution is -2.13. The van der Waals surface area contributed by atoms with Crippen LogP contribution in [-0.2, 0) is 4.74 Å². The topological polar surface area (TPSA) is 69.9 Å². The molecule has 0 aromatic rings. The molecule has 0 rings (SSSR count). The summed E-state index contributed by atoms with van der Waals surface area (Å²) < 4.78 is 4.61. The van der Waals surface area contributed by atoms with E-state index in [1.165, 1.54) is 0 Å². The van der Waals surface area contributed by atoms with Crippen molar-refractivity contribution in [2.24, 2.45) is 0 Å². The fourth-order valence-electron chi connectivity index (χ4n) is 0.322. The molecule has 0 unspecified atom stereocenters. The van der Waals surface area contributed by atoms with Crippen molar-refractivity contribution in [3.8, 4) is 11.8 Å². The molecule has 0 aliphatic rings. The molecule has 3 N–H and O–H groups in total. The van der Waals surface area contributed by atoms with Gasteiger partial charge in [0.2, 0.25) is 0 Å². The molecule has 0 radical (unpaired) electrons. The minimum absolute atomic E-state index is 0.109. The van der Waals surface area contributed by atoms with Crippen molar-refractivity contribution in [3.05, 3.63) is 0 Å². The predicted molar refractivity (Wildman–Crippen MR) is 33.9 cm³/mol. The zero-order chi connectivity index (χ0) is 7.82. The van der Waals surface area contributed by atoms with Crippen molar-refractivity contribution in [1.29, 1.82) is 0 Å². The van der Waals surface area contributed by atoms with Crippen molar-refractivity contribution < 1.29 is 20.1 Å². The van der Waals surface area contributed by atoms with Crippen molar-refractivity contribution in [3.63, 3.8) is 0 Å². The van der Waals surface area contributed by atoms with Crippen molar-refractivity contribution in [2.75, 3.05) is 19.8 Å². The molecule has 0 spiro atoms. The van der Waals surface area contributed by atoms with Gasteiger partial charge in [0.25, 0.3) is 0 Å². The molecule has 4 nitrogen and oxygen atoms in total. The van der Waals surface area contributed by atoms with Crippen LogP contribution >= 0.6 is 0 Å². The van der Waals surface area contributed by atoms with E-state index in [0.717, 1.165) is 0 Å². The Morgan fingerprint density at radius 2 is 2.00 bits per heavy atom. The van der Waals surface area contributed by atoms with E-state index < -0.39 is 6.29 Å². The number of aliphatic hydroxyl groups is 3. The summed E-state index contributed by atoms with van der Waals surface area (Å²) in [5.74, 6) is 4.79. The van der Waals surface area contributed by atoms with Gasteiger partial charge in [-0.25, -0.2) is 0 Å². The first kappa shape index (κ1) is 9.40. The van der Waals surface area contributed by atoms with E-state index in [-0.39, 0.29) is 19.8 Å². The van der Waals surface area contributed by atoms with Crippen LogP contribution in [0.4, 0.5) is 0 Å². The Hall–Kier alpha value is -0.600. The highest BCUT2D eigenvalue weighted by molar-refractivity contribution is 4.98. The van der Waals surface area contributed by atoms with Gasteiger partial charge in [-0.3, -0.25) is 0 Å². The third-order valence-electron chi connectivity index (χ3n) is 0.645. The van der Waals surface area contributed by atoms with E-state index in [2.05, 4.69) is 16.6 Å². The van der Waals surface area contributed by atoms with Crippen LogP contribution in [0.15, 0.2) is 0 Å². The highest BCUT2D eigenvalue weighted by atomic mass is 16.5. The van der Waals surface area contributed by atoms with Gasteiger partial charge < -0.3 is 20.1 Å². The van der Waals surface area contributed by atoms with Gasteiger partial charge in [-0.1, -0.05) is 11.8 Å². The second-order valence-electron chi connectivity index (χ2n) is 1.51. The predicted octanol–water partition coefficient (Wildman–Crippen LogP) is -1.69. The Balaban J connectivity index is 3.05. The van der Waals surface area contributed by atoms with E-state index >= 15 is 0 Å². The molecule has 0 saturated carbocycles. The monoisotopic (exact) mass is 146 g/mol. The number of hydrogen-bond donors (Lipinski definition) is 3. The van der Waals surface area contributed by atoms with Crippen LogP contribution in [0.5, 0.6) is 0 Å². The standard InChI is InChI=1S/C6H10O4/c7-3-1-2-4-10-5-6(8)9/h6-9H,3-5H2. The fraction of sp³-hybridized carbons (Fsp3) is 0.667. The van der Waals surface area contributed by atoms with Gasteiger partial charge >= 0.3 is 0 Å². The van der Waals surface area contributed by atoms with Crippen LogP contribution in [0, 0.1) is 11.8 Å². The van der Waals surface area contributed by atoms with E-state index in [1.807, 2.05) is 0 Å². The van der Waals surface area contributed by atoms with E-state index in [1.54, 1.807) is 0 Å². The Morgan fingerprint density at radius 3 is 2.50 bits per heavy atom. The fourth-order valence-corrected chi connectivity index (χ4v) is 0.322. The average Bonchev–Trinajstić information content (AvgIpc) is 1.87. The molecule has 0 saturated heterocycles. The summed E-state index contributed by atoms with van der Waals surface area (Å²) in [4.78, 5) is 0. The van der Waals surface area contributed by atoms with Crippen LogP contribution in [0.3, 0.4) is 0 Å². The van der Waals surface area contributed by atoms with Gasteiger partial charge in [0.05, 0.1) is 6.61 Å². The van der Waals surface area contributed by atoms with E-state index in [4.69, 9.17) is 15.3 Å². The molecular weight excluding hydrogens is 136 g/mol. The van der Waals surface area contributed by atoms with Gasteiger partial charge in [-0.05, 0) is 0 Å². The van der Waals surface area contributed by atoms with Gasteiger partial charge in [0.15, 0.2) is 6.29 Å². The second-order valence-corrected chi connectivity index (χ2v) is 1.51. The number of rotatable bonds is 3. The minimum atomic E-state index is -1.45. The maximum Gasteiger partial charge on any atom is 0.175 e. The lowest BCUT2D eigenvalue weighted by atomic mass is 10.6. The highest BCUT2D eigenvalue weighted by Crippen LogP contribution is 1.77. The average molecular weight is 146 g/mol. The SMILES string of the molecule is OCC#CCOCC(O)O. The van der Waals surface area contributed by atoms with Gasteiger partial charge in [0.1, 0.15) is 13.2 Å². The highest BCUT2D eigenvalue weighted by Gasteiger charge is 1.93. The maximum absolute atomic E-state index is 8.24. The summed E-state index contributed by atoms with van der Waals surface area (Å²) in [6.07, 6.45) is -1.45. The molecule has 0 bridgehead atoms. The van der Waals surface area contributed by atoms with Gasteiger partial charge in [-0.2, -0.15) is 0 Å². The molecule has 0 amide bonds. The summed E-state index contributed by atoms with van der Waals surface area (Å²) in [6.45, 7) is -0.247. The summed E-state index contributed by atoms with van der Waals surface area (Å²) >= 11 is 0. The molecule has 4 heteroatoms. The zero-order valence-electron chi connectivity index (χ0n) is 5.45. The normalized spacial score (nSPS) is 9.20. The Morgan fingerprint density at radius 1 is 1.30 bits per heavy atom.